The van der Waals surface area contributed by atoms with Crippen LogP contribution in [0, 0.1) is 0 Å². The van der Waals surface area contributed by atoms with Crippen LogP contribution in [0.25, 0.3) is 0 Å². The van der Waals surface area contributed by atoms with E-state index in [1.165, 1.54) is 0 Å². The molecule has 0 spiro atoms. The minimum absolute atomic E-state index is 0.254. The van der Waals surface area contributed by atoms with Crippen molar-refractivity contribution in [1.29, 1.82) is 0 Å². The molecule has 2 heterocycles. The number of thiocarbonyl (C=S) groups is 1. The Hall–Kier alpha value is -1.69. The molecule has 1 saturated heterocycles. The molecular formula is C12H16N4OS. The lowest BCUT2D eigenvalue weighted by Crippen LogP contribution is -2.48. The van der Waals surface area contributed by atoms with Crippen LogP contribution in [-0.4, -0.2) is 28.5 Å². The predicted octanol–water partition coefficient (Wildman–Crippen LogP) is 0.560. The first kappa shape index (κ1) is 12.8. The summed E-state index contributed by atoms with van der Waals surface area (Å²) in [7, 11) is 0. The molecule has 1 aromatic rings. The zero-order valence-corrected chi connectivity index (χ0v) is 10.8. The molecule has 1 aliphatic heterocycles. The number of hydrogen-bond donors (Lipinski definition) is 2. The second kappa shape index (κ2) is 5.30. The standard InChI is InChI=1S/C12H16N4OS/c13-11(17)9-5-1-2-7-16(9)10-6-3-4-8(15-10)12(14)18/h3-4,6,9H,1-2,5,7H2,(H2,13,17)(H2,14,18). The summed E-state index contributed by atoms with van der Waals surface area (Å²) in [6, 6.07) is 5.16. The lowest BCUT2D eigenvalue weighted by atomic mass is 10.0. The highest BCUT2D eigenvalue weighted by atomic mass is 32.1. The van der Waals surface area contributed by atoms with Crippen molar-refractivity contribution in [2.75, 3.05) is 11.4 Å². The maximum atomic E-state index is 11.5. The Labute approximate surface area is 111 Å². The average molecular weight is 264 g/mol. The average Bonchev–Trinajstić information content (AvgIpc) is 2.39. The van der Waals surface area contributed by atoms with Crippen molar-refractivity contribution in [2.45, 2.75) is 25.3 Å². The topological polar surface area (TPSA) is 85.2 Å². The van der Waals surface area contributed by atoms with Crippen LogP contribution in [0.15, 0.2) is 18.2 Å². The lowest BCUT2D eigenvalue weighted by Gasteiger charge is -2.34. The minimum Gasteiger partial charge on any atom is -0.388 e. The summed E-state index contributed by atoms with van der Waals surface area (Å²) in [5, 5.41) is 0. The first-order valence-corrected chi connectivity index (χ1v) is 6.33. The molecule has 18 heavy (non-hydrogen) atoms. The number of hydrogen-bond acceptors (Lipinski definition) is 4. The number of aromatic nitrogens is 1. The fraction of sp³-hybridized carbons (Fsp3) is 0.417. The molecule has 1 unspecified atom stereocenters. The number of anilines is 1. The largest absolute Gasteiger partial charge is 0.388 e. The number of primary amides is 1. The monoisotopic (exact) mass is 264 g/mol. The van der Waals surface area contributed by atoms with Gasteiger partial charge >= 0.3 is 0 Å². The third-order valence-electron chi connectivity index (χ3n) is 3.11. The van der Waals surface area contributed by atoms with Crippen molar-refractivity contribution in [3.05, 3.63) is 23.9 Å². The molecule has 0 aliphatic carbocycles. The van der Waals surface area contributed by atoms with Crippen LogP contribution < -0.4 is 16.4 Å². The van der Waals surface area contributed by atoms with Gasteiger partial charge in [0.2, 0.25) is 5.91 Å². The van der Waals surface area contributed by atoms with Crippen molar-refractivity contribution < 1.29 is 4.79 Å². The fourth-order valence-electron chi connectivity index (χ4n) is 2.22. The maximum absolute atomic E-state index is 11.5. The van der Waals surface area contributed by atoms with Crippen molar-refractivity contribution in [1.82, 2.24) is 4.98 Å². The normalized spacial score (nSPS) is 19.6. The van der Waals surface area contributed by atoms with Crippen LogP contribution in [-0.2, 0) is 4.79 Å². The van der Waals surface area contributed by atoms with Gasteiger partial charge in [-0.25, -0.2) is 4.98 Å². The molecule has 1 aliphatic rings. The van der Waals surface area contributed by atoms with Crippen molar-refractivity contribution in [2.24, 2.45) is 11.5 Å². The van der Waals surface area contributed by atoms with Crippen LogP contribution in [0.2, 0.25) is 0 Å². The van der Waals surface area contributed by atoms with Gasteiger partial charge in [-0.15, -0.1) is 0 Å². The van der Waals surface area contributed by atoms with Gasteiger partial charge in [0.25, 0.3) is 0 Å². The molecule has 4 N–H and O–H groups in total. The number of rotatable bonds is 3. The summed E-state index contributed by atoms with van der Waals surface area (Å²) in [6.45, 7) is 0.779. The zero-order chi connectivity index (χ0) is 13.1. The van der Waals surface area contributed by atoms with Gasteiger partial charge in [-0.05, 0) is 31.4 Å². The van der Waals surface area contributed by atoms with E-state index in [0.29, 0.717) is 11.5 Å². The molecule has 5 nitrogen and oxygen atoms in total. The molecule has 96 valence electrons. The molecule has 6 heteroatoms. The molecule has 1 aromatic heterocycles. The highest BCUT2D eigenvalue weighted by Gasteiger charge is 2.27. The lowest BCUT2D eigenvalue weighted by molar-refractivity contribution is -0.119. The molecule has 1 amide bonds. The van der Waals surface area contributed by atoms with Gasteiger partial charge in [0.1, 0.15) is 16.8 Å². The predicted molar refractivity (Wildman–Crippen MR) is 74.3 cm³/mol. The molecule has 1 fully saturated rings. The van der Waals surface area contributed by atoms with E-state index in [-0.39, 0.29) is 16.9 Å². The first-order valence-electron chi connectivity index (χ1n) is 5.92. The first-order chi connectivity index (χ1) is 8.59. The van der Waals surface area contributed by atoms with Gasteiger partial charge in [-0.2, -0.15) is 0 Å². The maximum Gasteiger partial charge on any atom is 0.240 e. The van der Waals surface area contributed by atoms with Crippen molar-refractivity contribution >= 4 is 28.9 Å². The van der Waals surface area contributed by atoms with Crippen LogP contribution in [0.1, 0.15) is 25.0 Å². The molecule has 0 bridgehead atoms. The van der Waals surface area contributed by atoms with Gasteiger partial charge in [0.15, 0.2) is 0 Å². The van der Waals surface area contributed by atoms with Crippen LogP contribution in [0.3, 0.4) is 0 Å². The Kier molecular flexibility index (Phi) is 3.76. The number of amides is 1. The van der Waals surface area contributed by atoms with E-state index in [1.807, 2.05) is 17.0 Å². The van der Waals surface area contributed by atoms with Gasteiger partial charge in [-0.1, -0.05) is 18.3 Å². The summed E-state index contributed by atoms with van der Waals surface area (Å²) >= 11 is 4.91. The second-order valence-electron chi connectivity index (χ2n) is 4.35. The second-order valence-corrected chi connectivity index (χ2v) is 4.79. The molecule has 0 saturated carbocycles. The smallest absolute Gasteiger partial charge is 0.240 e. The Bertz CT molecular complexity index is 477. The van der Waals surface area contributed by atoms with Crippen LogP contribution in [0.5, 0.6) is 0 Å². The van der Waals surface area contributed by atoms with Crippen LogP contribution >= 0.6 is 12.2 Å². The summed E-state index contributed by atoms with van der Waals surface area (Å²) in [4.78, 5) is 18.0. The van der Waals surface area contributed by atoms with E-state index in [2.05, 4.69) is 4.98 Å². The van der Waals surface area contributed by atoms with Crippen LogP contribution in [0.4, 0.5) is 5.82 Å². The highest BCUT2D eigenvalue weighted by molar-refractivity contribution is 7.80. The molecule has 2 rings (SSSR count). The number of nitrogens with zero attached hydrogens (tertiary/aromatic N) is 2. The van der Waals surface area contributed by atoms with E-state index in [1.54, 1.807) is 6.07 Å². The minimum atomic E-state index is -0.308. The van der Waals surface area contributed by atoms with Crippen molar-refractivity contribution in [3.63, 3.8) is 0 Å². The Balaban J connectivity index is 2.30. The number of carbonyl (C=O) groups excluding carboxylic acids is 1. The third-order valence-corrected chi connectivity index (χ3v) is 3.32. The Morgan fingerprint density at radius 1 is 1.39 bits per heavy atom. The number of pyridine rings is 1. The summed E-state index contributed by atoms with van der Waals surface area (Å²) in [6.07, 6.45) is 2.82. The van der Waals surface area contributed by atoms with E-state index < -0.39 is 0 Å². The fourth-order valence-corrected chi connectivity index (χ4v) is 2.34. The summed E-state index contributed by atoms with van der Waals surface area (Å²) < 4.78 is 0. The number of nitrogens with two attached hydrogens (primary N) is 2. The Morgan fingerprint density at radius 3 is 2.83 bits per heavy atom. The summed E-state index contributed by atoms with van der Waals surface area (Å²) in [5.74, 6) is 0.404. The molecular weight excluding hydrogens is 248 g/mol. The highest BCUT2D eigenvalue weighted by Crippen LogP contribution is 2.23. The third kappa shape index (κ3) is 2.59. The van der Waals surface area contributed by atoms with Gasteiger partial charge in [0.05, 0.1) is 5.69 Å². The quantitative estimate of drug-likeness (QED) is 0.779. The Morgan fingerprint density at radius 2 is 2.17 bits per heavy atom. The molecule has 0 radical (unpaired) electrons. The van der Waals surface area contributed by atoms with Gasteiger partial charge in [-0.3, -0.25) is 4.79 Å². The summed E-state index contributed by atoms with van der Waals surface area (Å²) in [5.41, 5.74) is 11.6. The van der Waals surface area contributed by atoms with E-state index >= 15 is 0 Å². The number of piperidine rings is 1. The van der Waals surface area contributed by atoms with E-state index in [4.69, 9.17) is 23.7 Å². The SMILES string of the molecule is NC(=O)C1CCCCN1c1cccc(C(N)=S)n1. The van der Waals surface area contributed by atoms with E-state index in [0.717, 1.165) is 25.8 Å². The molecule has 1 atom stereocenters. The van der Waals surface area contributed by atoms with Gasteiger partial charge in [0, 0.05) is 6.54 Å². The number of carbonyl (C=O) groups is 1. The van der Waals surface area contributed by atoms with Crippen molar-refractivity contribution in [3.8, 4) is 0 Å². The zero-order valence-electron chi connectivity index (χ0n) is 10.0. The molecule has 0 aromatic carbocycles. The van der Waals surface area contributed by atoms with E-state index in [9.17, 15) is 4.79 Å². The van der Waals surface area contributed by atoms with Gasteiger partial charge < -0.3 is 16.4 Å².